The van der Waals surface area contributed by atoms with Gasteiger partial charge < -0.3 is 4.42 Å². The predicted molar refractivity (Wildman–Crippen MR) is 94.1 cm³/mol. The lowest BCUT2D eigenvalue weighted by molar-refractivity contribution is -0.116. The average Bonchev–Trinajstić information content (AvgIpc) is 3.33. The van der Waals surface area contributed by atoms with Gasteiger partial charge in [0, 0.05) is 26.1 Å². The first-order valence-electron chi connectivity index (χ1n) is 8.03. The highest BCUT2D eigenvalue weighted by molar-refractivity contribution is 5.94. The van der Waals surface area contributed by atoms with Crippen LogP contribution in [0.3, 0.4) is 0 Å². The zero-order valence-electron chi connectivity index (χ0n) is 14.0. The number of amides is 1. The van der Waals surface area contributed by atoms with Gasteiger partial charge in [0.05, 0.1) is 11.6 Å². The Morgan fingerprint density at radius 2 is 2.27 bits per heavy atom. The molecule has 1 amide bonds. The highest BCUT2D eigenvalue weighted by atomic mass is 16.3. The second kappa shape index (κ2) is 6.33. The molecule has 1 N–H and O–H groups in total. The van der Waals surface area contributed by atoms with Crippen LogP contribution in [0.15, 0.2) is 29.0 Å². The summed E-state index contributed by atoms with van der Waals surface area (Å²) in [5.41, 5.74) is 1.01. The van der Waals surface area contributed by atoms with Crippen LogP contribution in [-0.2, 0) is 11.8 Å². The summed E-state index contributed by atoms with van der Waals surface area (Å²) in [7, 11) is 1.79. The van der Waals surface area contributed by atoms with Crippen molar-refractivity contribution < 1.29 is 9.21 Å². The molecule has 4 rings (SSSR count). The Balaban J connectivity index is 1.80. The smallest absolute Gasteiger partial charge is 0.234 e. The fourth-order valence-electron chi connectivity index (χ4n) is 2.63. The Bertz CT molecular complexity index is 1130. The Hall–Kier alpha value is -3.67. The minimum Gasteiger partial charge on any atom is -0.461 e. The van der Waals surface area contributed by atoms with Gasteiger partial charge in [0.25, 0.3) is 0 Å². The van der Waals surface area contributed by atoms with Crippen molar-refractivity contribution in [1.29, 1.82) is 0 Å². The molecule has 0 unspecified atom stereocenters. The summed E-state index contributed by atoms with van der Waals surface area (Å²) in [6.45, 7) is 0. The van der Waals surface area contributed by atoms with Crippen LogP contribution in [0.5, 0.6) is 0 Å². The minimum atomic E-state index is -0.195. The standard InChI is InChI=1S/C17H15N7O2/c1-3-4-5-8-13(25)18-17-20-14-11(10-23(2)21-14)16-19-15(22-24(16)17)12-7-6-9-26-12/h1,6-7,9-10H,4-5,8H2,2H3,(H,18,20,21,25). The number of fused-ring (bicyclic) bond motifs is 3. The van der Waals surface area contributed by atoms with Crippen molar-refractivity contribution in [3.63, 3.8) is 0 Å². The van der Waals surface area contributed by atoms with E-state index in [1.54, 1.807) is 36.3 Å². The molecular formula is C17H15N7O2. The molecule has 0 aliphatic heterocycles. The number of nitrogens with one attached hydrogen (secondary N) is 1. The van der Waals surface area contributed by atoms with Crippen molar-refractivity contribution in [2.75, 3.05) is 5.32 Å². The van der Waals surface area contributed by atoms with Gasteiger partial charge in [-0.1, -0.05) is 0 Å². The number of furan rings is 1. The van der Waals surface area contributed by atoms with Gasteiger partial charge >= 0.3 is 0 Å². The SMILES string of the molecule is C#CCCCC(=O)Nc1nc2nn(C)cc2c2nc(-c3ccco3)nn12. The van der Waals surface area contributed by atoms with E-state index in [4.69, 9.17) is 10.8 Å². The van der Waals surface area contributed by atoms with Crippen molar-refractivity contribution in [2.24, 2.45) is 7.05 Å². The fraction of sp³-hybridized carbons (Fsp3) is 0.235. The first kappa shape index (κ1) is 15.8. The molecule has 0 aliphatic rings. The summed E-state index contributed by atoms with van der Waals surface area (Å²) < 4.78 is 8.49. The zero-order chi connectivity index (χ0) is 18.1. The van der Waals surface area contributed by atoms with Gasteiger partial charge in [-0.15, -0.1) is 17.4 Å². The first-order valence-corrected chi connectivity index (χ1v) is 8.03. The second-order valence-corrected chi connectivity index (χ2v) is 5.73. The fourth-order valence-corrected chi connectivity index (χ4v) is 2.63. The van der Waals surface area contributed by atoms with Crippen molar-refractivity contribution in [3.05, 3.63) is 24.6 Å². The summed E-state index contributed by atoms with van der Waals surface area (Å²) in [6.07, 6.45) is 10.0. The third-order valence-electron chi connectivity index (χ3n) is 3.79. The number of unbranched alkanes of at least 4 members (excludes halogenated alkanes) is 1. The van der Waals surface area contributed by atoms with Gasteiger partial charge in [-0.3, -0.25) is 14.8 Å². The van der Waals surface area contributed by atoms with Crippen LogP contribution in [0.4, 0.5) is 5.95 Å². The van der Waals surface area contributed by atoms with Crippen LogP contribution in [0.1, 0.15) is 19.3 Å². The van der Waals surface area contributed by atoms with Gasteiger partial charge in [-0.05, 0) is 18.6 Å². The molecule has 0 aromatic carbocycles. The minimum absolute atomic E-state index is 0.195. The summed E-state index contributed by atoms with van der Waals surface area (Å²) in [5.74, 6) is 3.50. The maximum absolute atomic E-state index is 12.2. The van der Waals surface area contributed by atoms with E-state index in [1.807, 2.05) is 0 Å². The monoisotopic (exact) mass is 349 g/mol. The number of aryl methyl sites for hydroxylation is 1. The first-order chi connectivity index (χ1) is 12.7. The number of rotatable bonds is 5. The number of carbonyl (C=O) groups excluding carboxylic acids is 1. The van der Waals surface area contributed by atoms with Gasteiger partial charge in [-0.2, -0.15) is 14.6 Å². The predicted octanol–water partition coefficient (Wildman–Crippen LogP) is 2.01. The lowest BCUT2D eigenvalue weighted by atomic mass is 10.2. The summed E-state index contributed by atoms with van der Waals surface area (Å²) in [4.78, 5) is 21.1. The highest BCUT2D eigenvalue weighted by Crippen LogP contribution is 2.23. The molecule has 0 bridgehead atoms. The maximum Gasteiger partial charge on any atom is 0.234 e. The Morgan fingerprint density at radius 1 is 1.38 bits per heavy atom. The molecule has 0 spiro atoms. The number of nitrogens with zero attached hydrogens (tertiary/aromatic N) is 6. The van der Waals surface area contributed by atoms with Crippen molar-refractivity contribution in [1.82, 2.24) is 29.4 Å². The third kappa shape index (κ3) is 2.77. The Kier molecular flexibility index (Phi) is 3.85. The normalized spacial score (nSPS) is 11.1. The van der Waals surface area contributed by atoms with Crippen LogP contribution in [-0.4, -0.2) is 35.3 Å². The second-order valence-electron chi connectivity index (χ2n) is 5.73. The van der Waals surface area contributed by atoms with Crippen molar-refractivity contribution in [3.8, 4) is 23.9 Å². The molecule has 130 valence electrons. The van der Waals surface area contributed by atoms with E-state index in [0.29, 0.717) is 42.1 Å². The summed E-state index contributed by atoms with van der Waals surface area (Å²) >= 11 is 0. The maximum atomic E-state index is 12.2. The molecule has 0 saturated heterocycles. The number of hydrogen-bond donors (Lipinski definition) is 1. The number of anilines is 1. The number of aromatic nitrogens is 6. The van der Waals surface area contributed by atoms with Crippen LogP contribution in [0.25, 0.3) is 28.3 Å². The molecule has 0 aliphatic carbocycles. The molecule has 0 saturated carbocycles. The third-order valence-corrected chi connectivity index (χ3v) is 3.79. The zero-order valence-corrected chi connectivity index (χ0v) is 14.0. The number of terminal acetylenes is 1. The number of carbonyl (C=O) groups is 1. The van der Waals surface area contributed by atoms with Gasteiger partial charge in [0.1, 0.15) is 0 Å². The van der Waals surface area contributed by atoms with Crippen LogP contribution in [0.2, 0.25) is 0 Å². The van der Waals surface area contributed by atoms with Crippen LogP contribution >= 0.6 is 0 Å². The lowest BCUT2D eigenvalue weighted by Gasteiger charge is -2.05. The lowest BCUT2D eigenvalue weighted by Crippen LogP contribution is -2.16. The van der Waals surface area contributed by atoms with Gasteiger partial charge in [-0.25, -0.2) is 4.98 Å². The summed E-state index contributed by atoms with van der Waals surface area (Å²) in [5, 5.41) is 12.2. The molecule has 0 atom stereocenters. The van der Waals surface area contributed by atoms with Crippen molar-refractivity contribution >= 4 is 28.5 Å². The molecule has 4 aromatic rings. The molecule has 26 heavy (non-hydrogen) atoms. The van der Waals surface area contributed by atoms with Gasteiger partial charge in [0.2, 0.25) is 17.7 Å². The van der Waals surface area contributed by atoms with Gasteiger partial charge in [0.15, 0.2) is 17.1 Å². The molecule has 9 nitrogen and oxygen atoms in total. The summed E-state index contributed by atoms with van der Waals surface area (Å²) in [6, 6.07) is 3.52. The van der Waals surface area contributed by atoms with E-state index in [0.717, 1.165) is 5.39 Å². The van der Waals surface area contributed by atoms with Crippen LogP contribution < -0.4 is 5.32 Å². The van der Waals surface area contributed by atoms with E-state index in [1.165, 1.54) is 4.52 Å². The molecule has 4 heterocycles. The van der Waals surface area contributed by atoms with E-state index in [2.05, 4.69) is 31.4 Å². The largest absolute Gasteiger partial charge is 0.461 e. The molecule has 9 heteroatoms. The van der Waals surface area contributed by atoms with E-state index in [9.17, 15) is 4.79 Å². The van der Waals surface area contributed by atoms with E-state index in [-0.39, 0.29) is 11.9 Å². The topological polar surface area (TPSA) is 103 Å². The van der Waals surface area contributed by atoms with Crippen LogP contribution in [0, 0.1) is 12.3 Å². The van der Waals surface area contributed by atoms with Crippen molar-refractivity contribution in [2.45, 2.75) is 19.3 Å². The number of hydrogen-bond acceptors (Lipinski definition) is 6. The quantitative estimate of drug-likeness (QED) is 0.437. The molecular weight excluding hydrogens is 334 g/mol. The molecule has 4 aromatic heterocycles. The molecule has 0 fully saturated rings. The Labute approximate surface area is 148 Å². The van der Waals surface area contributed by atoms with E-state index >= 15 is 0 Å². The van der Waals surface area contributed by atoms with E-state index < -0.39 is 0 Å². The Morgan fingerprint density at radius 3 is 3.04 bits per heavy atom. The highest BCUT2D eigenvalue weighted by Gasteiger charge is 2.18. The molecule has 0 radical (unpaired) electrons. The average molecular weight is 349 g/mol.